The maximum atomic E-state index is 12.5. The standard InChI is InChI=1S/C19H20N2O3/c1-14-13-24-11-10-21(14)19(23)20-17-9-5-8-16(12-17)18(22)15-6-3-2-4-7-15/h2-9,12,14H,10-11,13H2,1H3,(H,20,23)/t14-/m0/s1. The van der Waals surface area contributed by atoms with Crippen molar-refractivity contribution in [2.75, 3.05) is 25.1 Å². The van der Waals surface area contributed by atoms with Crippen LogP contribution in [0.5, 0.6) is 0 Å². The van der Waals surface area contributed by atoms with Crippen molar-refractivity contribution < 1.29 is 14.3 Å². The van der Waals surface area contributed by atoms with Gasteiger partial charge in [-0.3, -0.25) is 4.79 Å². The monoisotopic (exact) mass is 324 g/mol. The van der Waals surface area contributed by atoms with E-state index in [1.165, 1.54) is 0 Å². The first kappa shape index (κ1) is 16.2. The maximum absolute atomic E-state index is 12.5. The Kier molecular flexibility index (Phi) is 4.91. The van der Waals surface area contributed by atoms with Crippen molar-refractivity contribution in [3.8, 4) is 0 Å². The number of urea groups is 1. The van der Waals surface area contributed by atoms with Crippen LogP contribution in [-0.4, -0.2) is 42.5 Å². The van der Waals surface area contributed by atoms with E-state index in [1.54, 1.807) is 41.3 Å². The molecule has 0 spiro atoms. The van der Waals surface area contributed by atoms with E-state index in [0.29, 0.717) is 36.6 Å². The van der Waals surface area contributed by atoms with Crippen LogP contribution < -0.4 is 5.32 Å². The molecule has 1 atom stereocenters. The fourth-order valence-electron chi connectivity index (χ4n) is 2.72. The highest BCUT2D eigenvalue weighted by Gasteiger charge is 2.23. The minimum Gasteiger partial charge on any atom is -0.377 e. The normalized spacial score (nSPS) is 17.4. The van der Waals surface area contributed by atoms with E-state index in [2.05, 4.69) is 5.32 Å². The van der Waals surface area contributed by atoms with Gasteiger partial charge in [0.05, 0.1) is 19.3 Å². The van der Waals surface area contributed by atoms with Crippen LogP contribution in [0.2, 0.25) is 0 Å². The Balaban J connectivity index is 1.73. The molecule has 1 saturated heterocycles. The number of ketones is 1. The lowest BCUT2D eigenvalue weighted by Crippen LogP contribution is -2.48. The quantitative estimate of drug-likeness (QED) is 0.882. The van der Waals surface area contributed by atoms with Crippen LogP contribution in [0.4, 0.5) is 10.5 Å². The predicted octanol–water partition coefficient (Wildman–Crippen LogP) is 3.17. The average molecular weight is 324 g/mol. The molecule has 1 aliphatic rings. The van der Waals surface area contributed by atoms with Crippen molar-refractivity contribution in [2.24, 2.45) is 0 Å². The molecule has 124 valence electrons. The highest BCUT2D eigenvalue weighted by Crippen LogP contribution is 2.16. The first-order chi connectivity index (χ1) is 11.6. The second-order valence-electron chi connectivity index (χ2n) is 5.82. The lowest BCUT2D eigenvalue weighted by molar-refractivity contribution is 0.0222. The van der Waals surface area contributed by atoms with Gasteiger partial charge in [-0.2, -0.15) is 0 Å². The number of carbonyl (C=O) groups is 2. The summed E-state index contributed by atoms with van der Waals surface area (Å²) in [6.45, 7) is 3.61. The second kappa shape index (κ2) is 7.27. The van der Waals surface area contributed by atoms with E-state index in [1.807, 2.05) is 25.1 Å². The summed E-state index contributed by atoms with van der Waals surface area (Å²) < 4.78 is 5.35. The zero-order valence-electron chi connectivity index (χ0n) is 13.6. The van der Waals surface area contributed by atoms with Gasteiger partial charge >= 0.3 is 6.03 Å². The van der Waals surface area contributed by atoms with Crippen LogP contribution in [0.1, 0.15) is 22.8 Å². The molecule has 2 amide bonds. The van der Waals surface area contributed by atoms with E-state index < -0.39 is 0 Å². The third-order valence-corrected chi connectivity index (χ3v) is 4.04. The van der Waals surface area contributed by atoms with Gasteiger partial charge in [0.15, 0.2) is 5.78 Å². The first-order valence-corrected chi connectivity index (χ1v) is 8.00. The summed E-state index contributed by atoms with van der Waals surface area (Å²) in [7, 11) is 0. The van der Waals surface area contributed by atoms with Gasteiger partial charge in [0.25, 0.3) is 0 Å². The number of hydrogen-bond acceptors (Lipinski definition) is 3. The molecule has 0 aliphatic carbocycles. The highest BCUT2D eigenvalue weighted by atomic mass is 16.5. The van der Waals surface area contributed by atoms with Gasteiger partial charge in [-0.15, -0.1) is 0 Å². The third-order valence-electron chi connectivity index (χ3n) is 4.04. The zero-order chi connectivity index (χ0) is 16.9. The molecule has 5 nitrogen and oxygen atoms in total. The van der Waals surface area contributed by atoms with Crippen LogP contribution in [0.15, 0.2) is 54.6 Å². The Labute approximate surface area is 141 Å². The van der Waals surface area contributed by atoms with Crippen LogP contribution in [0.3, 0.4) is 0 Å². The molecule has 1 fully saturated rings. The molecule has 1 aliphatic heterocycles. The number of anilines is 1. The fourth-order valence-corrected chi connectivity index (χ4v) is 2.72. The topological polar surface area (TPSA) is 58.6 Å². The Bertz CT molecular complexity index is 730. The van der Waals surface area contributed by atoms with Gasteiger partial charge < -0.3 is 15.0 Å². The lowest BCUT2D eigenvalue weighted by Gasteiger charge is -2.33. The number of carbonyl (C=O) groups excluding carboxylic acids is 2. The van der Waals surface area contributed by atoms with Gasteiger partial charge in [-0.25, -0.2) is 4.79 Å². The van der Waals surface area contributed by atoms with Gasteiger partial charge in [0.1, 0.15) is 0 Å². The Morgan fingerprint density at radius 3 is 2.58 bits per heavy atom. The van der Waals surface area contributed by atoms with Crippen molar-refractivity contribution in [3.63, 3.8) is 0 Å². The van der Waals surface area contributed by atoms with Gasteiger partial charge in [0.2, 0.25) is 0 Å². The number of morpholine rings is 1. The molecule has 1 heterocycles. The van der Waals surface area contributed by atoms with E-state index >= 15 is 0 Å². The molecule has 0 aromatic heterocycles. The summed E-state index contributed by atoms with van der Waals surface area (Å²) in [5.74, 6) is -0.0635. The summed E-state index contributed by atoms with van der Waals surface area (Å²) in [6.07, 6.45) is 0. The van der Waals surface area contributed by atoms with Crippen LogP contribution in [-0.2, 0) is 4.74 Å². The summed E-state index contributed by atoms with van der Waals surface area (Å²) in [5, 5.41) is 2.87. The van der Waals surface area contributed by atoms with E-state index in [9.17, 15) is 9.59 Å². The molecule has 24 heavy (non-hydrogen) atoms. The summed E-state index contributed by atoms with van der Waals surface area (Å²) in [6, 6.07) is 16.0. The third kappa shape index (κ3) is 3.63. The number of ether oxygens (including phenoxy) is 1. The number of nitrogens with zero attached hydrogens (tertiary/aromatic N) is 1. The number of rotatable bonds is 3. The molecular formula is C19H20N2O3. The summed E-state index contributed by atoms with van der Waals surface area (Å²) in [4.78, 5) is 26.6. The summed E-state index contributed by atoms with van der Waals surface area (Å²) >= 11 is 0. The van der Waals surface area contributed by atoms with Crippen molar-refractivity contribution in [1.82, 2.24) is 4.90 Å². The SMILES string of the molecule is C[C@H]1COCCN1C(=O)Nc1cccc(C(=O)c2ccccc2)c1. The minimum absolute atomic E-state index is 0.0351. The average Bonchev–Trinajstić information content (AvgIpc) is 2.62. The molecule has 5 heteroatoms. The fraction of sp³-hybridized carbons (Fsp3) is 0.263. The molecule has 2 aromatic rings. The van der Waals surface area contributed by atoms with E-state index in [0.717, 1.165) is 0 Å². The van der Waals surface area contributed by atoms with Crippen LogP contribution in [0.25, 0.3) is 0 Å². The number of amides is 2. The maximum Gasteiger partial charge on any atom is 0.322 e. The van der Waals surface area contributed by atoms with Crippen molar-refractivity contribution >= 4 is 17.5 Å². The second-order valence-corrected chi connectivity index (χ2v) is 5.82. The molecule has 0 unspecified atom stereocenters. The molecule has 3 rings (SSSR count). The molecule has 1 N–H and O–H groups in total. The first-order valence-electron chi connectivity index (χ1n) is 8.00. The predicted molar refractivity (Wildman–Crippen MR) is 92.3 cm³/mol. The Morgan fingerprint density at radius 2 is 1.83 bits per heavy atom. The highest BCUT2D eigenvalue weighted by molar-refractivity contribution is 6.09. The van der Waals surface area contributed by atoms with E-state index in [-0.39, 0.29) is 17.9 Å². The van der Waals surface area contributed by atoms with Crippen LogP contribution in [0, 0.1) is 0 Å². The Hall–Kier alpha value is -2.66. The number of nitrogens with one attached hydrogen (secondary N) is 1. The molecule has 0 saturated carbocycles. The molecule has 2 aromatic carbocycles. The van der Waals surface area contributed by atoms with Gasteiger partial charge in [-0.1, -0.05) is 42.5 Å². The van der Waals surface area contributed by atoms with E-state index in [4.69, 9.17) is 4.74 Å². The van der Waals surface area contributed by atoms with Crippen molar-refractivity contribution in [3.05, 3.63) is 65.7 Å². The Morgan fingerprint density at radius 1 is 1.08 bits per heavy atom. The zero-order valence-corrected chi connectivity index (χ0v) is 13.6. The molecule has 0 bridgehead atoms. The van der Waals surface area contributed by atoms with Crippen LogP contribution >= 0.6 is 0 Å². The van der Waals surface area contributed by atoms with Crippen molar-refractivity contribution in [2.45, 2.75) is 13.0 Å². The minimum atomic E-state index is -0.171. The summed E-state index contributed by atoms with van der Waals surface area (Å²) in [5.41, 5.74) is 1.79. The van der Waals surface area contributed by atoms with Crippen molar-refractivity contribution in [1.29, 1.82) is 0 Å². The number of hydrogen-bond donors (Lipinski definition) is 1. The molecular weight excluding hydrogens is 304 g/mol. The smallest absolute Gasteiger partial charge is 0.322 e. The number of benzene rings is 2. The largest absolute Gasteiger partial charge is 0.377 e. The molecule has 0 radical (unpaired) electrons. The van der Waals surface area contributed by atoms with Gasteiger partial charge in [0, 0.05) is 23.4 Å². The van der Waals surface area contributed by atoms with Gasteiger partial charge in [-0.05, 0) is 19.1 Å². The lowest BCUT2D eigenvalue weighted by atomic mass is 10.0.